The summed E-state index contributed by atoms with van der Waals surface area (Å²) in [4.78, 5) is 2.52. The van der Waals surface area contributed by atoms with Gasteiger partial charge in [-0.05, 0) is 38.1 Å². The maximum absolute atomic E-state index is 11.7. The van der Waals surface area contributed by atoms with Crippen molar-refractivity contribution >= 4 is 10.0 Å². The molecule has 2 fully saturated rings. The fourth-order valence-corrected chi connectivity index (χ4v) is 4.50. The highest BCUT2D eigenvalue weighted by molar-refractivity contribution is 7.88. The Morgan fingerprint density at radius 3 is 2.60 bits per heavy atom. The van der Waals surface area contributed by atoms with Gasteiger partial charge in [0.15, 0.2) is 0 Å². The van der Waals surface area contributed by atoms with E-state index in [-0.39, 0.29) is 0 Å². The predicted octanol–water partition coefficient (Wildman–Crippen LogP) is 0.861. The number of nitrogens with zero attached hydrogens (tertiary/aromatic N) is 2. The minimum Gasteiger partial charge on any atom is -0.329 e. The fourth-order valence-electron chi connectivity index (χ4n) is 3.55. The highest BCUT2D eigenvalue weighted by atomic mass is 32.2. The van der Waals surface area contributed by atoms with Crippen molar-refractivity contribution in [3.05, 3.63) is 0 Å². The third kappa shape index (κ3) is 4.41. The van der Waals surface area contributed by atoms with Crippen LogP contribution in [0.15, 0.2) is 0 Å². The van der Waals surface area contributed by atoms with Crippen LogP contribution in [-0.4, -0.2) is 62.6 Å². The van der Waals surface area contributed by atoms with E-state index in [4.69, 9.17) is 5.73 Å². The molecule has 2 unspecified atom stereocenters. The minimum atomic E-state index is -3.04. The Hall–Kier alpha value is -0.170. The summed E-state index contributed by atoms with van der Waals surface area (Å²) in [6.07, 6.45) is 8.46. The number of sulfonamides is 1. The Morgan fingerprint density at radius 1 is 1.10 bits per heavy atom. The molecule has 0 bridgehead atoms. The van der Waals surface area contributed by atoms with Gasteiger partial charge in [0.05, 0.1) is 6.26 Å². The van der Waals surface area contributed by atoms with Gasteiger partial charge in [-0.3, -0.25) is 4.90 Å². The van der Waals surface area contributed by atoms with Gasteiger partial charge < -0.3 is 5.73 Å². The summed E-state index contributed by atoms with van der Waals surface area (Å²) in [7, 11) is -3.04. The summed E-state index contributed by atoms with van der Waals surface area (Å²) in [5, 5.41) is 0. The van der Waals surface area contributed by atoms with Crippen LogP contribution in [0.2, 0.25) is 0 Å². The molecule has 0 aromatic rings. The molecule has 0 spiro atoms. The minimum absolute atomic E-state index is 0.464. The average Bonchev–Trinajstić information content (AvgIpc) is 2.63. The molecule has 0 saturated carbocycles. The second-order valence-electron chi connectivity index (χ2n) is 6.36. The first-order valence-electron chi connectivity index (χ1n) is 7.90. The van der Waals surface area contributed by atoms with Crippen LogP contribution >= 0.6 is 0 Å². The second kappa shape index (κ2) is 7.20. The number of hydrogen-bond donors (Lipinski definition) is 1. The van der Waals surface area contributed by atoms with Crippen molar-refractivity contribution in [3.8, 4) is 0 Å². The summed E-state index contributed by atoms with van der Waals surface area (Å²) in [5.41, 5.74) is 5.92. The molecule has 2 N–H and O–H groups in total. The van der Waals surface area contributed by atoms with Crippen molar-refractivity contribution < 1.29 is 8.42 Å². The summed E-state index contributed by atoms with van der Waals surface area (Å²) in [5.74, 6) is 0.464. The lowest BCUT2D eigenvalue weighted by Gasteiger charge is -2.36. The Labute approximate surface area is 123 Å². The third-order valence-electron chi connectivity index (χ3n) is 4.71. The highest BCUT2D eigenvalue weighted by Gasteiger charge is 2.29. The number of nitrogens with two attached hydrogens (primary N) is 1. The van der Waals surface area contributed by atoms with Gasteiger partial charge in [-0.25, -0.2) is 12.7 Å². The van der Waals surface area contributed by atoms with Crippen LogP contribution < -0.4 is 5.73 Å². The van der Waals surface area contributed by atoms with Crippen molar-refractivity contribution in [2.75, 3.05) is 39.0 Å². The average molecular weight is 303 g/mol. The molecule has 118 valence electrons. The van der Waals surface area contributed by atoms with Gasteiger partial charge in [-0.1, -0.05) is 12.8 Å². The van der Waals surface area contributed by atoms with Crippen LogP contribution in [0, 0.1) is 5.92 Å². The molecule has 2 aliphatic rings. The van der Waals surface area contributed by atoms with Crippen LogP contribution in [0.1, 0.15) is 38.5 Å². The van der Waals surface area contributed by atoms with Crippen molar-refractivity contribution in [1.82, 2.24) is 9.21 Å². The molecule has 0 aromatic carbocycles. The topological polar surface area (TPSA) is 66.6 Å². The van der Waals surface area contributed by atoms with Gasteiger partial charge in [-0.15, -0.1) is 0 Å². The van der Waals surface area contributed by atoms with Crippen LogP contribution in [0.3, 0.4) is 0 Å². The number of piperidine rings is 1. The van der Waals surface area contributed by atoms with E-state index < -0.39 is 10.0 Å². The molecular formula is C14H29N3O2S. The van der Waals surface area contributed by atoms with Gasteiger partial charge in [0.25, 0.3) is 0 Å². The number of hydrogen-bond acceptors (Lipinski definition) is 4. The van der Waals surface area contributed by atoms with E-state index >= 15 is 0 Å². The lowest BCUT2D eigenvalue weighted by molar-refractivity contribution is 0.142. The van der Waals surface area contributed by atoms with Gasteiger partial charge in [0.2, 0.25) is 10.0 Å². The van der Waals surface area contributed by atoms with E-state index in [1.165, 1.54) is 31.9 Å². The zero-order valence-electron chi connectivity index (χ0n) is 12.6. The Balaban J connectivity index is 1.93. The normalized spacial score (nSPS) is 31.1. The predicted molar refractivity (Wildman–Crippen MR) is 82.0 cm³/mol. The molecule has 2 heterocycles. The zero-order valence-corrected chi connectivity index (χ0v) is 13.4. The van der Waals surface area contributed by atoms with Crippen LogP contribution in [0.4, 0.5) is 0 Å². The third-order valence-corrected chi connectivity index (χ3v) is 5.98. The van der Waals surface area contributed by atoms with Crippen molar-refractivity contribution in [2.24, 2.45) is 11.7 Å². The molecule has 6 heteroatoms. The van der Waals surface area contributed by atoms with Gasteiger partial charge in [0, 0.05) is 32.2 Å². The Morgan fingerprint density at radius 2 is 1.90 bits per heavy atom. The van der Waals surface area contributed by atoms with Crippen molar-refractivity contribution in [3.63, 3.8) is 0 Å². The smallest absolute Gasteiger partial charge is 0.211 e. The van der Waals surface area contributed by atoms with Crippen LogP contribution in [0.5, 0.6) is 0 Å². The first kappa shape index (κ1) is 16.2. The van der Waals surface area contributed by atoms with E-state index in [9.17, 15) is 8.42 Å². The van der Waals surface area contributed by atoms with E-state index in [1.54, 1.807) is 4.31 Å². The standard InChI is InChI=1S/C14H29N3O2S/c1-20(18,19)17-9-5-6-13(12-17)11-16-8-4-2-3-7-14(16)10-15/h13-14H,2-12,15H2,1H3. The number of likely N-dealkylation sites (tertiary alicyclic amines) is 1. The van der Waals surface area contributed by atoms with Gasteiger partial charge in [-0.2, -0.15) is 0 Å². The van der Waals surface area contributed by atoms with E-state index in [1.807, 2.05) is 0 Å². The van der Waals surface area contributed by atoms with Crippen molar-refractivity contribution in [2.45, 2.75) is 44.6 Å². The summed E-state index contributed by atoms with van der Waals surface area (Å²) < 4.78 is 25.0. The molecule has 0 amide bonds. The van der Waals surface area contributed by atoms with Gasteiger partial charge >= 0.3 is 0 Å². The molecule has 2 atom stereocenters. The maximum atomic E-state index is 11.7. The lowest BCUT2D eigenvalue weighted by Crippen LogP contribution is -2.47. The zero-order chi connectivity index (χ0) is 14.6. The molecule has 2 rings (SSSR count). The fraction of sp³-hybridized carbons (Fsp3) is 1.00. The number of rotatable bonds is 4. The Kier molecular flexibility index (Phi) is 5.84. The molecule has 0 radical (unpaired) electrons. The lowest BCUT2D eigenvalue weighted by atomic mass is 9.98. The molecular weight excluding hydrogens is 274 g/mol. The Bertz CT molecular complexity index is 399. The SMILES string of the molecule is CS(=O)(=O)N1CCCC(CN2CCCCCC2CN)C1. The molecule has 2 saturated heterocycles. The molecule has 0 aliphatic carbocycles. The van der Waals surface area contributed by atoms with Crippen LogP contribution in [-0.2, 0) is 10.0 Å². The molecule has 5 nitrogen and oxygen atoms in total. The largest absolute Gasteiger partial charge is 0.329 e. The van der Waals surface area contributed by atoms with Crippen molar-refractivity contribution in [1.29, 1.82) is 0 Å². The highest BCUT2D eigenvalue weighted by Crippen LogP contribution is 2.23. The second-order valence-corrected chi connectivity index (χ2v) is 8.35. The molecule has 2 aliphatic heterocycles. The van der Waals surface area contributed by atoms with Gasteiger partial charge in [0.1, 0.15) is 0 Å². The monoisotopic (exact) mass is 303 g/mol. The molecule has 20 heavy (non-hydrogen) atoms. The maximum Gasteiger partial charge on any atom is 0.211 e. The molecule has 0 aromatic heterocycles. The van der Waals surface area contributed by atoms with E-state index in [0.717, 1.165) is 32.5 Å². The van der Waals surface area contributed by atoms with E-state index in [2.05, 4.69) is 4.90 Å². The van der Waals surface area contributed by atoms with Crippen LogP contribution in [0.25, 0.3) is 0 Å². The summed E-state index contributed by atoms with van der Waals surface area (Å²) >= 11 is 0. The van der Waals surface area contributed by atoms with E-state index in [0.29, 0.717) is 25.0 Å². The quantitative estimate of drug-likeness (QED) is 0.836. The summed E-state index contributed by atoms with van der Waals surface area (Å²) in [6.45, 7) is 4.23. The first-order chi connectivity index (χ1) is 9.50. The summed E-state index contributed by atoms with van der Waals surface area (Å²) in [6, 6.07) is 0.492. The first-order valence-corrected chi connectivity index (χ1v) is 9.75.